The van der Waals surface area contributed by atoms with Crippen molar-refractivity contribution in [1.29, 1.82) is 0 Å². The van der Waals surface area contributed by atoms with Crippen LogP contribution in [0.5, 0.6) is 0 Å². The molecule has 320 valence electrons. The smallest absolute Gasteiger partial charge is 0.407 e. The van der Waals surface area contributed by atoms with Gasteiger partial charge in [-0.15, -0.1) is 0 Å². The number of hydrogen-bond acceptors (Lipinski definition) is 9. The molecule has 0 radical (unpaired) electrons. The highest BCUT2D eigenvalue weighted by molar-refractivity contribution is 5.91. The lowest BCUT2D eigenvalue weighted by Crippen LogP contribution is -2.51. The van der Waals surface area contributed by atoms with Crippen molar-refractivity contribution < 1.29 is 33.4 Å². The number of methoxy groups -OCH3 is 2. The van der Waals surface area contributed by atoms with Crippen LogP contribution in [-0.2, 0) is 23.8 Å². The summed E-state index contributed by atoms with van der Waals surface area (Å²) >= 11 is 0. The Balaban J connectivity index is 0.951. The van der Waals surface area contributed by atoms with E-state index >= 15 is 0 Å². The van der Waals surface area contributed by atoms with Gasteiger partial charge in [0.15, 0.2) is 0 Å². The maximum absolute atomic E-state index is 14.0. The van der Waals surface area contributed by atoms with Crippen molar-refractivity contribution in [3.8, 4) is 33.6 Å². The Labute approximate surface area is 359 Å². The van der Waals surface area contributed by atoms with E-state index in [2.05, 4.69) is 75.2 Å². The first-order valence-electron chi connectivity index (χ1n) is 20.8. The topological polar surface area (TPSA) is 184 Å². The lowest BCUT2D eigenvalue weighted by molar-refractivity contribution is -0.143. The van der Waals surface area contributed by atoms with Gasteiger partial charge in [-0.2, -0.15) is 0 Å². The Morgan fingerprint density at radius 2 is 1.27 bits per heavy atom. The monoisotopic (exact) mass is 838 g/mol. The number of imidazole rings is 2. The summed E-state index contributed by atoms with van der Waals surface area (Å²) in [6, 6.07) is 27.7. The first-order chi connectivity index (χ1) is 30.1. The van der Waals surface area contributed by atoms with Crippen LogP contribution in [0.15, 0.2) is 103 Å². The first kappa shape index (κ1) is 41.7. The number of aromatic nitrogens is 4. The van der Waals surface area contributed by atoms with Gasteiger partial charge >= 0.3 is 12.2 Å². The van der Waals surface area contributed by atoms with Crippen molar-refractivity contribution in [3.05, 3.63) is 121 Å². The number of hydrogen-bond donors (Lipinski definition) is 4. The number of nitrogens with zero attached hydrogens (tertiary/aromatic N) is 4. The van der Waals surface area contributed by atoms with Gasteiger partial charge in [-0.1, -0.05) is 92.7 Å². The summed E-state index contributed by atoms with van der Waals surface area (Å²) in [6.45, 7) is 5.34. The Kier molecular flexibility index (Phi) is 12.3. The molecule has 8 rings (SSSR count). The number of fused-ring (bicyclic) bond motifs is 1. The molecule has 62 heavy (non-hydrogen) atoms. The first-order valence-corrected chi connectivity index (χ1v) is 20.8. The van der Waals surface area contributed by atoms with E-state index in [-0.39, 0.29) is 30.4 Å². The molecule has 4 atom stereocenters. The fourth-order valence-electron chi connectivity index (χ4n) is 8.30. The largest absolute Gasteiger partial charge is 0.453 e. The summed E-state index contributed by atoms with van der Waals surface area (Å²) < 4.78 is 15.4. The Hall–Kier alpha value is -7.00. The Morgan fingerprint density at radius 3 is 1.95 bits per heavy atom. The van der Waals surface area contributed by atoms with Gasteiger partial charge in [-0.3, -0.25) is 9.59 Å². The van der Waals surface area contributed by atoms with Gasteiger partial charge < -0.3 is 44.6 Å². The van der Waals surface area contributed by atoms with E-state index in [0.717, 1.165) is 63.1 Å². The van der Waals surface area contributed by atoms with Gasteiger partial charge in [-0.05, 0) is 63.9 Å². The van der Waals surface area contributed by atoms with Gasteiger partial charge in [0.2, 0.25) is 5.91 Å². The van der Waals surface area contributed by atoms with Gasteiger partial charge in [0.25, 0.3) is 5.91 Å². The molecule has 2 aliphatic heterocycles. The number of aromatic amines is 2. The highest BCUT2D eigenvalue weighted by atomic mass is 16.5. The lowest BCUT2D eigenvalue weighted by atomic mass is 9.98. The third-order valence-corrected chi connectivity index (χ3v) is 11.7. The minimum absolute atomic E-state index is 0.111. The third-order valence-electron chi connectivity index (χ3n) is 11.7. The number of carbonyl (C=O) groups is 4. The lowest BCUT2D eigenvalue weighted by Gasteiger charge is -2.36. The highest BCUT2D eigenvalue weighted by Gasteiger charge is 2.38. The molecule has 4 amide bonds. The number of ether oxygens (including phenoxy) is 3. The van der Waals surface area contributed by atoms with E-state index in [9.17, 15) is 19.2 Å². The second-order valence-corrected chi connectivity index (χ2v) is 15.9. The van der Waals surface area contributed by atoms with Gasteiger partial charge in [0.05, 0.1) is 57.3 Å². The number of benzene rings is 4. The zero-order valence-electron chi connectivity index (χ0n) is 35.1. The van der Waals surface area contributed by atoms with E-state index in [0.29, 0.717) is 31.1 Å². The fourth-order valence-corrected chi connectivity index (χ4v) is 8.30. The van der Waals surface area contributed by atoms with E-state index in [1.54, 1.807) is 29.4 Å². The van der Waals surface area contributed by atoms with Gasteiger partial charge in [0.1, 0.15) is 29.8 Å². The number of carbonyl (C=O) groups excluding carboxylic acids is 4. The number of alkyl carbamates (subject to hydrolysis) is 2. The molecule has 0 saturated carbocycles. The molecule has 2 fully saturated rings. The molecule has 2 saturated heterocycles. The molecule has 0 spiro atoms. The maximum atomic E-state index is 14.0. The number of H-pyrrole nitrogens is 2. The molecule has 4 N–H and O–H groups in total. The molecule has 0 aliphatic carbocycles. The zero-order valence-corrected chi connectivity index (χ0v) is 35.1. The molecular weight excluding hydrogens is 789 g/mol. The van der Waals surface area contributed by atoms with Gasteiger partial charge in [-0.25, -0.2) is 19.6 Å². The molecule has 6 aromatic rings. The molecule has 2 aliphatic rings. The minimum atomic E-state index is -0.942. The molecule has 15 nitrogen and oxygen atoms in total. The quantitative estimate of drug-likeness (QED) is 0.104. The minimum Gasteiger partial charge on any atom is -0.453 e. The second kappa shape index (κ2) is 18.3. The van der Waals surface area contributed by atoms with Crippen molar-refractivity contribution in [2.75, 3.05) is 40.5 Å². The maximum Gasteiger partial charge on any atom is 0.407 e. The second-order valence-electron chi connectivity index (χ2n) is 15.9. The average Bonchev–Trinajstić information content (AvgIpc) is 4.12. The molecule has 15 heteroatoms. The van der Waals surface area contributed by atoms with Crippen LogP contribution in [0.1, 0.15) is 62.0 Å². The molecule has 0 bridgehead atoms. The van der Waals surface area contributed by atoms with Crippen LogP contribution < -0.4 is 10.6 Å². The molecule has 2 aromatic heterocycles. The number of morpholine rings is 1. The van der Waals surface area contributed by atoms with Crippen molar-refractivity contribution in [2.45, 2.75) is 50.9 Å². The van der Waals surface area contributed by atoms with Crippen LogP contribution >= 0.6 is 0 Å². The predicted octanol–water partition coefficient (Wildman–Crippen LogP) is 7.33. The SMILES string of the molecule is COC(=O)N[C@H](C(=O)N1CCC[C@H]1c1ncc(-c2ccc(-c3ccc4cc(-c5cnc([C@@H]6COCCN6C(=O)[C@H](NC(=O)OC)c6ccccc6)[nH]5)ccc4c3)cc2)[nH]1)C(C)C. The molecule has 0 unspecified atom stereocenters. The summed E-state index contributed by atoms with van der Waals surface area (Å²) in [6.07, 6.45) is 3.87. The van der Waals surface area contributed by atoms with Crippen LogP contribution in [-0.4, -0.2) is 100 Å². The van der Waals surface area contributed by atoms with Crippen LogP contribution in [0.2, 0.25) is 0 Å². The fraction of sp³-hybridized carbons (Fsp3) is 0.319. The van der Waals surface area contributed by atoms with E-state index in [4.69, 9.17) is 24.2 Å². The predicted molar refractivity (Wildman–Crippen MR) is 232 cm³/mol. The van der Waals surface area contributed by atoms with Crippen molar-refractivity contribution >= 4 is 34.8 Å². The van der Waals surface area contributed by atoms with Crippen molar-refractivity contribution in [3.63, 3.8) is 0 Å². The summed E-state index contributed by atoms with van der Waals surface area (Å²) in [4.78, 5) is 71.7. The number of likely N-dealkylation sites (tertiary alicyclic amines) is 1. The van der Waals surface area contributed by atoms with E-state index in [1.165, 1.54) is 14.2 Å². The van der Waals surface area contributed by atoms with Crippen molar-refractivity contribution in [2.24, 2.45) is 5.92 Å². The van der Waals surface area contributed by atoms with Gasteiger partial charge in [0, 0.05) is 18.7 Å². The Morgan fingerprint density at radius 1 is 0.694 bits per heavy atom. The van der Waals surface area contributed by atoms with Crippen LogP contribution in [0.4, 0.5) is 9.59 Å². The van der Waals surface area contributed by atoms with Crippen LogP contribution in [0.3, 0.4) is 0 Å². The molecule has 4 aromatic carbocycles. The number of rotatable bonds is 11. The summed E-state index contributed by atoms with van der Waals surface area (Å²) in [7, 11) is 2.56. The average molecular weight is 839 g/mol. The van der Waals surface area contributed by atoms with E-state index < -0.39 is 30.3 Å². The van der Waals surface area contributed by atoms with Crippen molar-refractivity contribution in [1.82, 2.24) is 40.4 Å². The normalized spacial score (nSPS) is 17.4. The van der Waals surface area contributed by atoms with E-state index in [1.807, 2.05) is 43.0 Å². The standard InChI is InChI=1S/C47H50N8O7/c1-28(2)40(52-46(58)60-3)44(56)54-20-8-11-38(54)42-48-25-36(50-42)30-14-12-29(13-15-30)32-16-17-34-24-35(19-18-33(34)23-32)37-26-49-43(51-37)39-27-62-22-21-55(39)45(57)41(53-47(59)61-4)31-9-6-5-7-10-31/h5-7,9-10,12-19,23-26,28,38-41H,8,11,20-22,27H2,1-4H3,(H,48,50)(H,49,51)(H,52,58)(H,53,59)/t38-,39-,40-,41+/m0/s1. The third kappa shape index (κ3) is 8.75. The van der Waals surface area contributed by atoms with Crippen LogP contribution in [0, 0.1) is 5.92 Å². The number of nitrogens with one attached hydrogen (secondary N) is 4. The highest BCUT2D eigenvalue weighted by Crippen LogP contribution is 2.35. The zero-order chi connectivity index (χ0) is 43.3. The summed E-state index contributed by atoms with van der Waals surface area (Å²) in [5, 5.41) is 7.53. The molecule has 4 heterocycles. The molecular formula is C47H50N8O7. The Bertz CT molecular complexity index is 2550. The number of amides is 4. The van der Waals surface area contributed by atoms with Crippen LogP contribution in [0.25, 0.3) is 44.4 Å². The summed E-state index contributed by atoms with van der Waals surface area (Å²) in [5.74, 6) is 0.768. The summed E-state index contributed by atoms with van der Waals surface area (Å²) in [5.41, 5.74) is 6.35.